The molecule has 0 aliphatic heterocycles. The molecule has 0 aromatic heterocycles. The summed E-state index contributed by atoms with van der Waals surface area (Å²) >= 11 is 11.6. The molecule has 0 atom stereocenters. The van der Waals surface area contributed by atoms with Crippen LogP contribution in [0.5, 0.6) is 0 Å². The van der Waals surface area contributed by atoms with Crippen LogP contribution in [0, 0.1) is 5.82 Å². The SMILES string of the molecule is O=C(CN(Cc1ccc(Cl)cc1)S(=O)(=O)c1ccccc1)Nc1ccc(F)c(Cl)c1. The van der Waals surface area contributed by atoms with E-state index in [4.69, 9.17) is 23.2 Å². The highest BCUT2D eigenvalue weighted by atomic mass is 35.5. The number of hydrogen-bond acceptors (Lipinski definition) is 3. The molecule has 0 aliphatic carbocycles. The number of halogens is 3. The normalized spacial score (nSPS) is 11.5. The standard InChI is InChI=1S/C21H17Cl2FN2O3S/c22-16-8-6-15(7-9-16)13-26(30(28,29)18-4-2-1-3-5-18)14-21(27)25-17-10-11-20(24)19(23)12-17/h1-12H,13-14H2,(H,25,27). The zero-order valence-corrected chi connectivity index (χ0v) is 17.9. The molecule has 1 N–H and O–H groups in total. The van der Waals surface area contributed by atoms with Gasteiger partial charge in [-0.15, -0.1) is 0 Å². The zero-order valence-electron chi connectivity index (χ0n) is 15.6. The molecule has 9 heteroatoms. The quantitative estimate of drug-likeness (QED) is 0.534. The molecule has 0 fully saturated rings. The van der Waals surface area contributed by atoms with Crippen molar-refractivity contribution >= 4 is 44.8 Å². The van der Waals surface area contributed by atoms with Crippen LogP contribution in [0.3, 0.4) is 0 Å². The molecular formula is C21H17Cl2FN2O3S. The highest BCUT2D eigenvalue weighted by molar-refractivity contribution is 7.89. The monoisotopic (exact) mass is 466 g/mol. The molecule has 0 radical (unpaired) electrons. The summed E-state index contributed by atoms with van der Waals surface area (Å²) in [6.45, 7) is -0.485. The van der Waals surface area contributed by atoms with E-state index in [0.29, 0.717) is 10.6 Å². The van der Waals surface area contributed by atoms with Gasteiger partial charge in [-0.05, 0) is 48.0 Å². The van der Waals surface area contributed by atoms with Gasteiger partial charge < -0.3 is 5.32 Å². The van der Waals surface area contributed by atoms with Crippen LogP contribution < -0.4 is 5.32 Å². The summed E-state index contributed by atoms with van der Waals surface area (Å²) < 4.78 is 40.7. The maximum Gasteiger partial charge on any atom is 0.243 e. The molecule has 1 amide bonds. The number of hydrogen-bond donors (Lipinski definition) is 1. The molecule has 0 unspecified atom stereocenters. The molecule has 0 bridgehead atoms. The summed E-state index contributed by atoms with van der Waals surface area (Å²) in [5.41, 5.74) is 0.923. The predicted octanol–water partition coefficient (Wildman–Crippen LogP) is 4.96. The summed E-state index contributed by atoms with van der Waals surface area (Å²) in [7, 11) is -3.96. The lowest BCUT2D eigenvalue weighted by molar-refractivity contribution is -0.116. The van der Waals surface area contributed by atoms with Crippen LogP contribution in [0.25, 0.3) is 0 Å². The molecule has 0 aliphatic rings. The first-order valence-electron chi connectivity index (χ1n) is 8.80. The van der Waals surface area contributed by atoms with Gasteiger partial charge in [0.1, 0.15) is 5.82 Å². The van der Waals surface area contributed by atoms with Crippen LogP contribution in [0.4, 0.5) is 10.1 Å². The van der Waals surface area contributed by atoms with E-state index in [2.05, 4.69) is 5.32 Å². The van der Waals surface area contributed by atoms with Crippen molar-refractivity contribution in [2.75, 3.05) is 11.9 Å². The number of nitrogens with zero attached hydrogens (tertiary/aromatic N) is 1. The van der Waals surface area contributed by atoms with Crippen LogP contribution in [0.2, 0.25) is 10.0 Å². The number of amides is 1. The van der Waals surface area contributed by atoms with E-state index in [1.165, 1.54) is 24.3 Å². The fraction of sp³-hybridized carbons (Fsp3) is 0.0952. The van der Waals surface area contributed by atoms with Crippen LogP contribution in [0.1, 0.15) is 5.56 Å². The van der Waals surface area contributed by atoms with E-state index in [1.807, 2.05) is 0 Å². The second-order valence-corrected chi connectivity index (χ2v) is 9.17. The molecule has 0 spiro atoms. The Labute approximate surface area is 184 Å². The van der Waals surface area contributed by atoms with Gasteiger partial charge in [0.25, 0.3) is 0 Å². The number of carbonyl (C=O) groups is 1. The maximum atomic E-state index is 13.3. The Morgan fingerprint density at radius 3 is 2.27 bits per heavy atom. The minimum Gasteiger partial charge on any atom is -0.325 e. The van der Waals surface area contributed by atoms with Crippen molar-refractivity contribution in [3.8, 4) is 0 Å². The summed E-state index contributed by atoms with van der Waals surface area (Å²) in [6, 6.07) is 18.2. The highest BCUT2D eigenvalue weighted by Crippen LogP contribution is 2.21. The van der Waals surface area contributed by atoms with E-state index in [1.54, 1.807) is 42.5 Å². The topological polar surface area (TPSA) is 66.5 Å². The third-order valence-electron chi connectivity index (χ3n) is 4.18. The Balaban J connectivity index is 1.85. The van der Waals surface area contributed by atoms with Gasteiger partial charge in [0, 0.05) is 17.3 Å². The predicted molar refractivity (Wildman–Crippen MR) is 116 cm³/mol. The number of carbonyl (C=O) groups excluding carboxylic acids is 1. The van der Waals surface area contributed by atoms with Crippen molar-refractivity contribution in [1.82, 2.24) is 4.31 Å². The molecule has 0 saturated carbocycles. The Hall–Kier alpha value is -2.45. The van der Waals surface area contributed by atoms with Crippen molar-refractivity contribution in [2.24, 2.45) is 0 Å². The maximum absolute atomic E-state index is 13.3. The summed E-state index contributed by atoms with van der Waals surface area (Å²) in [5, 5.41) is 2.91. The van der Waals surface area contributed by atoms with Crippen molar-refractivity contribution in [1.29, 1.82) is 0 Å². The average molecular weight is 467 g/mol. The lowest BCUT2D eigenvalue weighted by Crippen LogP contribution is -2.37. The van der Waals surface area contributed by atoms with E-state index in [9.17, 15) is 17.6 Å². The summed E-state index contributed by atoms with van der Waals surface area (Å²) in [5.74, 6) is -1.21. The molecule has 3 aromatic rings. The van der Waals surface area contributed by atoms with Gasteiger partial charge >= 0.3 is 0 Å². The molecule has 156 valence electrons. The number of sulfonamides is 1. The van der Waals surface area contributed by atoms with Crippen LogP contribution in [-0.2, 0) is 21.4 Å². The van der Waals surface area contributed by atoms with Crippen LogP contribution in [0.15, 0.2) is 77.7 Å². The summed E-state index contributed by atoms with van der Waals surface area (Å²) in [4.78, 5) is 12.6. The minimum absolute atomic E-state index is 0.0357. The van der Waals surface area contributed by atoms with E-state index < -0.39 is 28.3 Å². The van der Waals surface area contributed by atoms with Gasteiger partial charge in [-0.1, -0.05) is 53.5 Å². The van der Waals surface area contributed by atoms with Crippen molar-refractivity contribution in [2.45, 2.75) is 11.4 Å². The Morgan fingerprint density at radius 1 is 0.967 bits per heavy atom. The Morgan fingerprint density at radius 2 is 1.63 bits per heavy atom. The molecule has 3 rings (SSSR count). The number of rotatable bonds is 7. The lowest BCUT2D eigenvalue weighted by Gasteiger charge is -2.22. The number of anilines is 1. The van der Waals surface area contributed by atoms with Crippen molar-refractivity contribution < 1.29 is 17.6 Å². The molecule has 5 nitrogen and oxygen atoms in total. The zero-order chi connectivity index (χ0) is 21.7. The van der Waals surface area contributed by atoms with Gasteiger partial charge in [-0.3, -0.25) is 4.79 Å². The molecule has 0 heterocycles. The molecule has 3 aromatic carbocycles. The van der Waals surface area contributed by atoms with Gasteiger partial charge in [-0.2, -0.15) is 4.31 Å². The molecular weight excluding hydrogens is 450 g/mol. The van der Waals surface area contributed by atoms with Gasteiger partial charge in [0.15, 0.2) is 0 Å². The third-order valence-corrected chi connectivity index (χ3v) is 6.52. The van der Waals surface area contributed by atoms with Gasteiger partial charge in [0.05, 0.1) is 16.5 Å². The first-order chi connectivity index (χ1) is 14.3. The molecule has 0 saturated heterocycles. The third kappa shape index (κ3) is 5.58. The Kier molecular flexibility index (Phi) is 7.10. The first-order valence-corrected chi connectivity index (χ1v) is 11.0. The van der Waals surface area contributed by atoms with Gasteiger partial charge in [-0.25, -0.2) is 12.8 Å². The van der Waals surface area contributed by atoms with Crippen LogP contribution in [-0.4, -0.2) is 25.2 Å². The minimum atomic E-state index is -3.96. The van der Waals surface area contributed by atoms with Crippen molar-refractivity contribution in [3.05, 3.63) is 94.2 Å². The second kappa shape index (κ2) is 9.57. The van der Waals surface area contributed by atoms with E-state index >= 15 is 0 Å². The van der Waals surface area contributed by atoms with Crippen LogP contribution >= 0.6 is 23.2 Å². The van der Waals surface area contributed by atoms with E-state index in [-0.39, 0.29) is 22.2 Å². The summed E-state index contributed by atoms with van der Waals surface area (Å²) in [6.07, 6.45) is 0. The highest BCUT2D eigenvalue weighted by Gasteiger charge is 2.27. The largest absolute Gasteiger partial charge is 0.325 e. The number of benzene rings is 3. The first kappa shape index (κ1) is 22.2. The number of nitrogens with one attached hydrogen (secondary N) is 1. The second-order valence-electron chi connectivity index (χ2n) is 6.39. The van der Waals surface area contributed by atoms with Gasteiger partial charge in [0.2, 0.25) is 15.9 Å². The smallest absolute Gasteiger partial charge is 0.243 e. The van der Waals surface area contributed by atoms with Crippen molar-refractivity contribution in [3.63, 3.8) is 0 Å². The fourth-order valence-electron chi connectivity index (χ4n) is 2.70. The molecule has 30 heavy (non-hydrogen) atoms. The fourth-order valence-corrected chi connectivity index (χ4v) is 4.41. The Bertz CT molecular complexity index is 1140. The van der Waals surface area contributed by atoms with E-state index in [0.717, 1.165) is 10.4 Å². The lowest BCUT2D eigenvalue weighted by atomic mass is 10.2. The average Bonchev–Trinajstić information content (AvgIpc) is 2.72.